The summed E-state index contributed by atoms with van der Waals surface area (Å²) in [4.78, 5) is 13.2. The van der Waals surface area contributed by atoms with Gasteiger partial charge in [-0.25, -0.2) is 9.00 Å². The van der Waals surface area contributed by atoms with Crippen molar-refractivity contribution >= 4 is 22.8 Å². The van der Waals surface area contributed by atoms with E-state index in [-0.39, 0.29) is 5.97 Å². The van der Waals surface area contributed by atoms with Crippen LogP contribution in [-0.4, -0.2) is 15.8 Å². The summed E-state index contributed by atoms with van der Waals surface area (Å²) in [7, 11) is -1.21. The molecule has 0 fully saturated rings. The molecule has 0 radical (unpaired) electrons. The number of benzene rings is 2. The summed E-state index contributed by atoms with van der Waals surface area (Å²) >= 11 is 0. The fourth-order valence-electron chi connectivity index (χ4n) is 2.00. The number of esters is 1. The Morgan fingerprint density at radius 2 is 1.46 bits per heavy atom. The van der Waals surface area contributed by atoms with Gasteiger partial charge in [0.25, 0.3) is 0 Å². The number of carbonyl (C=O) groups is 1. The van der Waals surface area contributed by atoms with Crippen LogP contribution in [0.3, 0.4) is 0 Å². The van der Waals surface area contributed by atoms with Crippen LogP contribution in [0.2, 0.25) is 0 Å². The molecule has 4 heteroatoms. The average molecular weight is 342 g/mol. The Bertz CT molecular complexity index is 751. The van der Waals surface area contributed by atoms with E-state index in [0.29, 0.717) is 0 Å². The van der Waals surface area contributed by atoms with Gasteiger partial charge in [-0.1, -0.05) is 29.8 Å². The van der Waals surface area contributed by atoms with Crippen molar-refractivity contribution in [2.45, 2.75) is 43.1 Å². The molecule has 2 rings (SSSR count). The van der Waals surface area contributed by atoms with Crippen molar-refractivity contribution in [3.8, 4) is 0 Å². The van der Waals surface area contributed by atoms with Gasteiger partial charge in [0.05, 0.1) is 10.8 Å². The second kappa shape index (κ2) is 7.58. The number of hydrogen-bond acceptors (Lipinski definition) is 3. The summed E-state index contributed by atoms with van der Waals surface area (Å²) in [6, 6.07) is 14.9. The summed E-state index contributed by atoms with van der Waals surface area (Å²) in [5.41, 5.74) is 1.49. The molecule has 0 spiro atoms. The van der Waals surface area contributed by atoms with Gasteiger partial charge in [0.15, 0.2) is 0 Å². The highest BCUT2D eigenvalue weighted by atomic mass is 32.2. The van der Waals surface area contributed by atoms with Gasteiger partial charge in [0.2, 0.25) is 0 Å². The van der Waals surface area contributed by atoms with Gasteiger partial charge in [-0.05, 0) is 63.6 Å². The van der Waals surface area contributed by atoms with Crippen LogP contribution in [0.1, 0.15) is 31.9 Å². The first-order valence-corrected chi connectivity index (χ1v) is 8.89. The summed E-state index contributed by atoms with van der Waals surface area (Å²) in [5.74, 6) is -0.380. The largest absolute Gasteiger partial charge is 0.457 e. The third-order valence-corrected chi connectivity index (χ3v) is 4.55. The number of aryl methyl sites for hydroxylation is 1. The molecule has 126 valence electrons. The highest BCUT2D eigenvalue weighted by molar-refractivity contribution is 7.85. The van der Waals surface area contributed by atoms with E-state index in [0.717, 1.165) is 20.9 Å². The summed E-state index contributed by atoms with van der Waals surface area (Å²) in [5, 5.41) is 0. The van der Waals surface area contributed by atoms with Crippen molar-refractivity contribution in [3.63, 3.8) is 0 Å². The topological polar surface area (TPSA) is 43.4 Å². The second-order valence-electron chi connectivity index (χ2n) is 6.52. The van der Waals surface area contributed by atoms with Crippen LogP contribution in [0.5, 0.6) is 0 Å². The van der Waals surface area contributed by atoms with Gasteiger partial charge in [-0.15, -0.1) is 0 Å². The number of ether oxygens (including phenoxy) is 1. The molecule has 0 N–H and O–H groups in total. The molecule has 0 aliphatic carbocycles. The molecular weight excluding hydrogens is 320 g/mol. The molecule has 3 nitrogen and oxygen atoms in total. The summed E-state index contributed by atoms with van der Waals surface area (Å²) in [6.45, 7) is 7.48. The maximum atomic E-state index is 12.5. The molecule has 0 amide bonds. The average Bonchev–Trinajstić information content (AvgIpc) is 2.52. The molecule has 0 heterocycles. The predicted octanol–water partition coefficient (Wildman–Crippen LogP) is 4.52. The monoisotopic (exact) mass is 342 g/mol. The highest BCUT2D eigenvalue weighted by Crippen LogP contribution is 2.18. The second-order valence-corrected chi connectivity index (χ2v) is 8.00. The summed E-state index contributed by atoms with van der Waals surface area (Å²) < 4.78 is 17.7. The van der Waals surface area contributed by atoms with Crippen LogP contribution >= 0.6 is 0 Å². The van der Waals surface area contributed by atoms with Crippen LogP contribution in [0.15, 0.2) is 64.4 Å². The van der Waals surface area contributed by atoms with Crippen molar-refractivity contribution in [3.05, 3.63) is 65.7 Å². The molecule has 0 saturated carbocycles. The minimum absolute atomic E-state index is 0.380. The van der Waals surface area contributed by atoms with Crippen molar-refractivity contribution in [2.24, 2.45) is 0 Å². The fourth-order valence-corrected chi connectivity index (χ4v) is 3.04. The lowest BCUT2D eigenvalue weighted by molar-refractivity contribution is -0.148. The molecule has 0 aromatic heterocycles. The van der Waals surface area contributed by atoms with E-state index in [1.807, 2.05) is 76.2 Å². The zero-order valence-corrected chi connectivity index (χ0v) is 15.2. The molecule has 2 aromatic carbocycles. The number of carbonyl (C=O) groups excluding carboxylic acids is 1. The minimum atomic E-state index is -1.21. The van der Waals surface area contributed by atoms with Gasteiger partial charge in [0.1, 0.15) is 5.60 Å². The van der Waals surface area contributed by atoms with Gasteiger partial charge in [0, 0.05) is 15.9 Å². The van der Waals surface area contributed by atoms with Gasteiger partial charge < -0.3 is 4.74 Å². The third kappa shape index (κ3) is 5.46. The lowest BCUT2D eigenvalue weighted by Gasteiger charge is -2.17. The van der Waals surface area contributed by atoms with Crippen molar-refractivity contribution in [1.29, 1.82) is 0 Å². The first kappa shape index (κ1) is 18.1. The van der Waals surface area contributed by atoms with Crippen LogP contribution in [0.4, 0.5) is 0 Å². The molecule has 1 unspecified atom stereocenters. The Balaban J connectivity index is 2.06. The Kier molecular flexibility index (Phi) is 5.73. The standard InChI is InChI=1S/C20H22O3S/c1-15-5-10-17(11-6-15)24(22)18-12-7-16(8-13-18)9-14-19(21)23-20(2,3)4/h5-14H,1-4H3/b14-9+. The van der Waals surface area contributed by atoms with Gasteiger partial charge >= 0.3 is 5.97 Å². The Morgan fingerprint density at radius 3 is 1.96 bits per heavy atom. The van der Waals surface area contributed by atoms with Crippen LogP contribution in [0.25, 0.3) is 6.08 Å². The minimum Gasteiger partial charge on any atom is -0.457 e. The molecule has 0 aliphatic heterocycles. The van der Waals surface area contributed by atoms with E-state index in [9.17, 15) is 9.00 Å². The lowest BCUT2D eigenvalue weighted by atomic mass is 10.2. The maximum absolute atomic E-state index is 12.5. The Labute approximate surface area is 145 Å². The van der Waals surface area contributed by atoms with Crippen LogP contribution in [-0.2, 0) is 20.3 Å². The van der Waals surface area contributed by atoms with Crippen molar-refractivity contribution in [2.75, 3.05) is 0 Å². The van der Waals surface area contributed by atoms with Crippen LogP contribution < -0.4 is 0 Å². The first-order valence-electron chi connectivity index (χ1n) is 7.74. The van der Waals surface area contributed by atoms with E-state index >= 15 is 0 Å². The van der Waals surface area contributed by atoms with Crippen LogP contribution in [0, 0.1) is 6.92 Å². The quantitative estimate of drug-likeness (QED) is 0.606. The molecule has 24 heavy (non-hydrogen) atoms. The molecule has 0 aliphatic rings. The van der Waals surface area contributed by atoms with E-state index < -0.39 is 16.4 Å². The SMILES string of the molecule is Cc1ccc(S(=O)c2ccc(/C=C/C(=O)OC(C)(C)C)cc2)cc1. The van der Waals surface area contributed by atoms with E-state index in [1.54, 1.807) is 6.08 Å². The number of rotatable bonds is 4. The predicted molar refractivity (Wildman–Crippen MR) is 97.2 cm³/mol. The molecular formula is C20H22O3S. The lowest BCUT2D eigenvalue weighted by Crippen LogP contribution is -2.22. The Hall–Kier alpha value is -2.20. The first-order chi connectivity index (χ1) is 11.2. The van der Waals surface area contributed by atoms with Gasteiger partial charge in [-0.3, -0.25) is 0 Å². The van der Waals surface area contributed by atoms with E-state index in [1.165, 1.54) is 6.08 Å². The zero-order chi connectivity index (χ0) is 17.7. The molecule has 1 atom stereocenters. The molecule has 0 saturated heterocycles. The highest BCUT2D eigenvalue weighted by Gasteiger charge is 2.13. The van der Waals surface area contributed by atoms with Crippen molar-refractivity contribution < 1.29 is 13.7 Å². The summed E-state index contributed by atoms with van der Waals surface area (Å²) in [6.07, 6.45) is 3.09. The van der Waals surface area contributed by atoms with Crippen molar-refractivity contribution in [1.82, 2.24) is 0 Å². The molecule has 0 bridgehead atoms. The third-order valence-electron chi connectivity index (χ3n) is 3.15. The number of hydrogen-bond donors (Lipinski definition) is 0. The normalized spacial score (nSPS) is 13.0. The fraction of sp³-hybridized carbons (Fsp3) is 0.250. The van der Waals surface area contributed by atoms with E-state index in [4.69, 9.17) is 4.74 Å². The smallest absolute Gasteiger partial charge is 0.331 e. The van der Waals surface area contributed by atoms with E-state index in [2.05, 4.69) is 0 Å². The maximum Gasteiger partial charge on any atom is 0.331 e. The molecule has 2 aromatic rings. The van der Waals surface area contributed by atoms with Gasteiger partial charge in [-0.2, -0.15) is 0 Å². The Morgan fingerprint density at radius 1 is 0.958 bits per heavy atom. The zero-order valence-electron chi connectivity index (χ0n) is 14.4.